The number of ketones is 1. The van der Waals surface area contributed by atoms with Gasteiger partial charge in [-0.15, -0.1) is 0 Å². The molecule has 5 nitrogen and oxygen atoms in total. The lowest BCUT2D eigenvalue weighted by atomic mass is 9.93. The Balaban J connectivity index is 2.15. The number of ether oxygens (including phenoxy) is 1. The van der Waals surface area contributed by atoms with Gasteiger partial charge >= 0.3 is 5.97 Å². The lowest BCUT2D eigenvalue weighted by Crippen LogP contribution is -2.12. The third-order valence-corrected chi connectivity index (χ3v) is 3.28. The van der Waals surface area contributed by atoms with Crippen molar-refractivity contribution in [3.05, 3.63) is 23.0 Å². The number of carbonyl (C=O) groups is 2. The Labute approximate surface area is 111 Å². The van der Waals surface area contributed by atoms with Gasteiger partial charge in [-0.1, -0.05) is 0 Å². The van der Waals surface area contributed by atoms with Crippen LogP contribution in [0.2, 0.25) is 0 Å². The van der Waals surface area contributed by atoms with Crippen molar-refractivity contribution in [1.82, 2.24) is 4.57 Å². The minimum absolute atomic E-state index is 0.208. The molecule has 5 heteroatoms. The van der Waals surface area contributed by atoms with E-state index in [4.69, 9.17) is 4.74 Å². The van der Waals surface area contributed by atoms with Gasteiger partial charge in [0.25, 0.3) is 0 Å². The number of aromatic nitrogens is 1. The Morgan fingerprint density at radius 3 is 3.00 bits per heavy atom. The Bertz CT molecular complexity index is 552. The van der Waals surface area contributed by atoms with Crippen molar-refractivity contribution in [3.63, 3.8) is 0 Å². The largest absolute Gasteiger partial charge is 0.466 e. The average molecular weight is 260 g/mol. The van der Waals surface area contributed by atoms with Crippen LogP contribution in [-0.2, 0) is 33.7 Å². The summed E-state index contributed by atoms with van der Waals surface area (Å²) in [6.45, 7) is 2.54. The fraction of sp³-hybridized carbons (Fsp3) is 0.500. The van der Waals surface area contributed by atoms with Crippen LogP contribution in [0, 0.1) is 11.3 Å². The molecule has 0 saturated carbocycles. The normalized spacial score (nSPS) is 13.8. The smallest absolute Gasteiger partial charge is 0.307 e. The molecular weight excluding hydrogens is 244 g/mol. The summed E-state index contributed by atoms with van der Waals surface area (Å²) in [5, 5.41) is 9.23. The summed E-state index contributed by atoms with van der Waals surface area (Å²) < 4.78 is 6.63. The van der Waals surface area contributed by atoms with E-state index in [0.717, 1.165) is 11.1 Å². The summed E-state index contributed by atoms with van der Waals surface area (Å²) in [5.74, 6) is -0.0614. The third-order valence-electron chi connectivity index (χ3n) is 3.28. The number of hydrogen-bond donors (Lipinski definition) is 0. The number of nitrogens with zero attached hydrogens (tertiary/aromatic N) is 2. The SMILES string of the molecule is CCOC(=O)CCn1cc2c(c1C#N)CCC(=O)C2. The van der Waals surface area contributed by atoms with Crippen LogP contribution in [0.1, 0.15) is 36.6 Å². The number of rotatable bonds is 4. The Morgan fingerprint density at radius 2 is 2.32 bits per heavy atom. The molecule has 0 amide bonds. The minimum Gasteiger partial charge on any atom is -0.466 e. The maximum absolute atomic E-state index is 11.4. The molecule has 2 rings (SSSR count). The van der Waals surface area contributed by atoms with Crippen molar-refractivity contribution in [1.29, 1.82) is 5.26 Å². The van der Waals surface area contributed by atoms with Crippen molar-refractivity contribution in [2.75, 3.05) is 6.61 Å². The second-order valence-electron chi connectivity index (χ2n) is 4.56. The van der Waals surface area contributed by atoms with Crippen LogP contribution in [-0.4, -0.2) is 22.9 Å². The fourth-order valence-corrected chi connectivity index (χ4v) is 2.41. The first kappa shape index (κ1) is 13.3. The Morgan fingerprint density at radius 1 is 1.53 bits per heavy atom. The van der Waals surface area contributed by atoms with E-state index in [9.17, 15) is 14.9 Å². The highest BCUT2D eigenvalue weighted by Crippen LogP contribution is 2.24. The van der Waals surface area contributed by atoms with Gasteiger partial charge in [0.05, 0.1) is 13.0 Å². The van der Waals surface area contributed by atoms with Crippen LogP contribution in [0.15, 0.2) is 6.20 Å². The minimum atomic E-state index is -0.269. The van der Waals surface area contributed by atoms with Crippen molar-refractivity contribution in [3.8, 4) is 6.07 Å². The molecule has 0 radical (unpaired) electrons. The second kappa shape index (κ2) is 5.70. The molecule has 1 aromatic heterocycles. The molecule has 1 aliphatic carbocycles. The summed E-state index contributed by atoms with van der Waals surface area (Å²) in [6.07, 6.45) is 3.59. The number of aryl methyl sites for hydroxylation is 1. The van der Waals surface area contributed by atoms with Gasteiger partial charge in [0, 0.05) is 25.6 Å². The zero-order chi connectivity index (χ0) is 13.8. The van der Waals surface area contributed by atoms with Crippen LogP contribution in [0.3, 0.4) is 0 Å². The monoisotopic (exact) mass is 260 g/mol. The van der Waals surface area contributed by atoms with Crippen LogP contribution >= 0.6 is 0 Å². The van der Waals surface area contributed by atoms with Crippen LogP contribution in [0.5, 0.6) is 0 Å². The van der Waals surface area contributed by atoms with Crippen molar-refractivity contribution in [2.45, 2.75) is 39.2 Å². The van der Waals surface area contributed by atoms with E-state index < -0.39 is 0 Å². The van der Waals surface area contributed by atoms with E-state index in [1.165, 1.54) is 0 Å². The lowest BCUT2D eigenvalue weighted by Gasteiger charge is -2.09. The van der Waals surface area contributed by atoms with Gasteiger partial charge < -0.3 is 9.30 Å². The first-order valence-electron chi connectivity index (χ1n) is 6.44. The molecule has 1 aliphatic rings. The second-order valence-corrected chi connectivity index (χ2v) is 4.56. The molecule has 0 unspecified atom stereocenters. The van der Waals surface area contributed by atoms with Gasteiger partial charge in [-0.05, 0) is 24.5 Å². The number of hydrogen-bond acceptors (Lipinski definition) is 4. The highest BCUT2D eigenvalue weighted by molar-refractivity contribution is 5.83. The molecule has 0 saturated heterocycles. The zero-order valence-electron chi connectivity index (χ0n) is 10.9. The molecule has 0 fully saturated rings. The van der Waals surface area contributed by atoms with Crippen LogP contribution < -0.4 is 0 Å². The van der Waals surface area contributed by atoms with Gasteiger partial charge in [0.15, 0.2) is 0 Å². The molecule has 1 heterocycles. The van der Waals surface area contributed by atoms with Gasteiger partial charge in [-0.2, -0.15) is 5.26 Å². The Hall–Kier alpha value is -2.09. The standard InChI is InChI=1S/C14H16N2O3/c1-2-19-14(18)5-6-16-9-10-7-11(17)3-4-12(10)13(16)8-15/h9H,2-7H2,1H3. The van der Waals surface area contributed by atoms with E-state index >= 15 is 0 Å². The van der Waals surface area contributed by atoms with E-state index in [1.807, 2.05) is 6.20 Å². The fourth-order valence-electron chi connectivity index (χ4n) is 2.41. The van der Waals surface area contributed by atoms with Crippen LogP contribution in [0.25, 0.3) is 0 Å². The topological polar surface area (TPSA) is 72.1 Å². The highest BCUT2D eigenvalue weighted by Gasteiger charge is 2.22. The molecule has 0 bridgehead atoms. The third kappa shape index (κ3) is 2.84. The van der Waals surface area contributed by atoms with Gasteiger partial charge in [0.2, 0.25) is 0 Å². The number of esters is 1. The lowest BCUT2D eigenvalue weighted by molar-refractivity contribution is -0.143. The molecule has 0 aromatic carbocycles. The highest BCUT2D eigenvalue weighted by atomic mass is 16.5. The van der Waals surface area contributed by atoms with E-state index in [1.54, 1.807) is 11.5 Å². The molecule has 0 spiro atoms. The van der Waals surface area contributed by atoms with Gasteiger partial charge in [-0.25, -0.2) is 0 Å². The molecular formula is C14H16N2O3. The van der Waals surface area contributed by atoms with Crippen molar-refractivity contribution < 1.29 is 14.3 Å². The first-order valence-corrected chi connectivity index (χ1v) is 6.44. The summed E-state index contributed by atoms with van der Waals surface area (Å²) in [7, 11) is 0. The summed E-state index contributed by atoms with van der Waals surface area (Å²) in [6, 6.07) is 2.17. The first-order chi connectivity index (χ1) is 9.15. The number of carbonyl (C=O) groups excluding carboxylic acids is 2. The maximum Gasteiger partial charge on any atom is 0.307 e. The number of fused-ring (bicyclic) bond motifs is 1. The summed E-state index contributed by atoms with van der Waals surface area (Å²) >= 11 is 0. The van der Waals surface area contributed by atoms with Crippen molar-refractivity contribution in [2.24, 2.45) is 0 Å². The van der Waals surface area contributed by atoms with Gasteiger partial charge in [0.1, 0.15) is 17.5 Å². The molecule has 0 aliphatic heterocycles. The molecule has 1 aromatic rings. The summed E-state index contributed by atoms with van der Waals surface area (Å²) in [4.78, 5) is 22.8. The van der Waals surface area contributed by atoms with Gasteiger partial charge in [-0.3, -0.25) is 9.59 Å². The number of nitriles is 1. The van der Waals surface area contributed by atoms with E-state index in [0.29, 0.717) is 38.1 Å². The van der Waals surface area contributed by atoms with E-state index in [2.05, 4.69) is 6.07 Å². The number of Topliss-reactive ketones (excluding diaryl/α,β-unsaturated/α-hetero) is 1. The molecule has 100 valence electrons. The molecule has 0 N–H and O–H groups in total. The Kier molecular flexibility index (Phi) is 4.00. The molecule has 19 heavy (non-hydrogen) atoms. The predicted octanol–water partition coefficient (Wildman–Crippen LogP) is 1.37. The quantitative estimate of drug-likeness (QED) is 0.766. The van der Waals surface area contributed by atoms with E-state index in [-0.39, 0.29) is 18.2 Å². The summed E-state index contributed by atoms with van der Waals surface area (Å²) in [5.41, 5.74) is 2.47. The van der Waals surface area contributed by atoms with Crippen molar-refractivity contribution >= 4 is 11.8 Å². The zero-order valence-corrected chi connectivity index (χ0v) is 10.9. The van der Waals surface area contributed by atoms with Crippen LogP contribution in [0.4, 0.5) is 0 Å². The predicted molar refractivity (Wildman–Crippen MR) is 67.4 cm³/mol. The average Bonchev–Trinajstić information content (AvgIpc) is 2.73. The maximum atomic E-state index is 11.4. The molecule has 0 atom stereocenters.